The Kier molecular flexibility index (Phi) is 4.55. The van der Waals surface area contributed by atoms with E-state index in [9.17, 15) is 9.18 Å². The van der Waals surface area contributed by atoms with Gasteiger partial charge in [0.1, 0.15) is 30.5 Å². The van der Waals surface area contributed by atoms with E-state index < -0.39 is 5.91 Å². The average Bonchev–Trinajstić information content (AvgIpc) is 2.46. The molecule has 1 amide bonds. The Labute approximate surface area is 115 Å². The first-order valence-electron chi connectivity index (χ1n) is 6.07. The van der Waals surface area contributed by atoms with Gasteiger partial charge in [-0.2, -0.15) is 0 Å². The van der Waals surface area contributed by atoms with E-state index in [-0.39, 0.29) is 19.0 Å². The van der Waals surface area contributed by atoms with Gasteiger partial charge in [0, 0.05) is 0 Å². The van der Waals surface area contributed by atoms with E-state index >= 15 is 0 Å². The van der Waals surface area contributed by atoms with Gasteiger partial charge in [-0.3, -0.25) is 4.79 Å². The van der Waals surface area contributed by atoms with Crippen molar-refractivity contribution < 1.29 is 18.7 Å². The summed E-state index contributed by atoms with van der Waals surface area (Å²) in [6.45, 7) is 0.528. The van der Waals surface area contributed by atoms with Gasteiger partial charge >= 0.3 is 0 Å². The third-order valence-corrected chi connectivity index (χ3v) is 2.58. The van der Waals surface area contributed by atoms with E-state index in [1.165, 1.54) is 24.3 Å². The van der Waals surface area contributed by atoms with E-state index in [0.717, 1.165) is 0 Å². The van der Waals surface area contributed by atoms with Crippen LogP contribution in [0.4, 0.5) is 4.39 Å². The summed E-state index contributed by atoms with van der Waals surface area (Å²) in [7, 11) is 0. The molecule has 2 aromatic rings. The second-order valence-electron chi connectivity index (χ2n) is 4.01. The van der Waals surface area contributed by atoms with Crippen LogP contribution in [0.15, 0.2) is 48.5 Å². The van der Waals surface area contributed by atoms with Crippen LogP contribution in [0, 0.1) is 5.82 Å². The van der Waals surface area contributed by atoms with Crippen molar-refractivity contribution in [2.24, 2.45) is 5.73 Å². The smallest absolute Gasteiger partial charge is 0.252 e. The molecule has 0 heterocycles. The highest BCUT2D eigenvalue weighted by Crippen LogP contribution is 2.17. The molecule has 20 heavy (non-hydrogen) atoms. The molecule has 0 aliphatic carbocycles. The highest BCUT2D eigenvalue weighted by Gasteiger charge is 2.07. The number of halogens is 1. The third-order valence-electron chi connectivity index (χ3n) is 2.58. The molecule has 0 saturated heterocycles. The van der Waals surface area contributed by atoms with Gasteiger partial charge in [0.05, 0.1) is 5.56 Å². The van der Waals surface area contributed by atoms with Crippen molar-refractivity contribution in [2.45, 2.75) is 0 Å². The molecule has 0 atom stereocenters. The molecule has 0 unspecified atom stereocenters. The van der Waals surface area contributed by atoms with Gasteiger partial charge in [-0.25, -0.2) is 4.39 Å². The van der Waals surface area contributed by atoms with Gasteiger partial charge in [0.15, 0.2) is 0 Å². The lowest BCUT2D eigenvalue weighted by molar-refractivity contribution is 0.0995. The summed E-state index contributed by atoms with van der Waals surface area (Å²) in [4.78, 5) is 11.2. The summed E-state index contributed by atoms with van der Waals surface area (Å²) in [5.74, 6) is 0.116. The Hall–Kier alpha value is -2.56. The van der Waals surface area contributed by atoms with Crippen LogP contribution in [0.5, 0.6) is 11.5 Å². The first-order valence-corrected chi connectivity index (χ1v) is 6.07. The minimum atomic E-state index is -0.542. The average molecular weight is 275 g/mol. The van der Waals surface area contributed by atoms with E-state index in [4.69, 9.17) is 15.2 Å². The standard InChI is InChI=1S/C15H14FNO3/c16-11-5-7-12(8-6-11)19-9-10-20-14-4-2-1-3-13(14)15(17)18/h1-8H,9-10H2,(H2,17,18). The SMILES string of the molecule is NC(=O)c1ccccc1OCCOc1ccc(F)cc1. The fourth-order valence-electron chi connectivity index (χ4n) is 1.64. The third kappa shape index (κ3) is 3.71. The molecule has 0 aliphatic heterocycles. The van der Waals surface area contributed by atoms with E-state index in [0.29, 0.717) is 17.1 Å². The zero-order valence-electron chi connectivity index (χ0n) is 10.7. The van der Waals surface area contributed by atoms with Crippen molar-refractivity contribution in [3.05, 3.63) is 59.9 Å². The first-order chi connectivity index (χ1) is 9.66. The lowest BCUT2D eigenvalue weighted by atomic mass is 10.2. The van der Waals surface area contributed by atoms with Crippen LogP contribution < -0.4 is 15.2 Å². The van der Waals surface area contributed by atoms with Gasteiger partial charge < -0.3 is 15.2 Å². The zero-order valence-corrected chi connectivity index (χ0v) is 10.7. The normalized spacial score (nSPS) is 10.1. The largest absolute Gasteiger partial charge is 0.490 e. The van der Waals surface area contributed by atoms with E-state index in [1.807, 2.05) is 0 Å². The predicted octanol–water partition coefficient (Wildman–Crippen LogP) is 2.38. The number of hydrogen-bond donors (Lipinski definition) is 1. The molecule has 0 spiro atoms. The maximum atomic E-state index is 12.7. The first kappa shape index (κ1) is 13.9. The number of hydrogen-bond acceptors (Lipinski definition) is 3. The number of ether oxygens (including phenoxy) is 2. The summed E-state index contributed by atoms with van der Waals surface area (Å²) < 4.78 is 23.5. The summed E-state index contributed by atoms with van der Waals surface area (Å²) in [5.41, 5.74) is 5.57. The molecule has 0 aromatic heterocycles. The summed E-state index contributed by atoms with van der Waals surface area (Å²) in [6, 6.07) is 12.4. The van der Waals surface area contributed by atoms with Gasteiger partial charge in [-0.15, -0.1) is 0 Å². The molecule has 2 rings (SSSR count). The van der Waals surface area contributed by atoms with Crippen molar-refractivity contribution >= 4 is 5.91 Å². The van der Waals surface area contributed by atoms with E-state index in [2.05, 4.69) is 0 Å². The van der Waals surface area contributed by atoms with Crippen LogP contribution in [-0.4, -0.2) is 19.1 Å². The number of benzene rings is 2. The fraction of sp³-hybridized carbons (Fsp3) is 0.133. The molecular weight excluding hydrogens is 261 g/mol. The molecule has 4 nitrogen and oxygen atoms in total. The molecule has 0 aliphatic rings. The number of carbonyl (C=O) groups excluding carboxylic acids is 1. The lowest BCUT2D eigenvalue weighted by Gasteiger charge is -2.10. The van der Waals surface area contributed by atoms with Crippen molar-refractivity contribution in [1.29, 1.82) is 0 Å². The zero-order chi connectivity index (χ0) is 14.4. The maximum Gasteiger partial charge on any atom is 0.252 e. The Morgan fingerprint density at radius 1 is 1.00 bits per heavy atom. The Balaban J connectivity index is 1.84. The molecular formula is C15H14FNO3. The number of para-hydroxylation sites is 1. The molecule has 0 radical (unpaired) electrons. The Morgan fingerprint density at radius 2 is 1.65 bits per heavy atom. The molecule has 5 heteroatoms. The van der Waals surface area contributed by atoms with Gasteiger partial charge in [-0.05, 0) is 36.4 Å². The summed E-state index contributed by atoms with van der Waals surface area (Å²) in [5, 5.41) is 0. The highest BCUT2D eigenvalue weighted by atomic mass is 19.1. The topological polar surface area (TPSA) is 61.6 Å². The van der Waals surface area contributed by atoms with Crippen molar-refractivity contribution in [3.63, 3.8) is 0 Å². The fourth-order valence-corrected chi connectivity index (χ4v) is 1.64. The minimum Gasteiger partial charge on any atom is -0.490 e. The quantitative estimate of drug-likeness (QED) is 0.823. The molecule has 0 fully saturated rings. The molecule has 0 bridgehead atoms. The molecule has 0 saturated carbocycles. The van der Waals surface area contributed by atoms with Crippen molar-refractivity contribution in [3.8, 4) is 11.5 Å². The highest BCUT2D eigenvalue weighted by molar-refractivity contribution is 5.95. The van der Waals surface area contributed by atoms with E-state index in [1.54, 1.807) is 24.3 Å². The molecule has 104 valence electrons. The van der Waals surface area contributed by atoms with Gasteiger partial charge in [0.25, 0.3) is 5.91 Å². The second-order valence-corrected chi connectivity index (χ2v) is 4.01. The minimum absolute atomic E-state index is 0.252. The summed E-state index contributed by atoms with van der Waals surface area (Å²) >= 11 is 0. The van der Waals surface area contributed by atoms with Gasteiger partial charge in [0.2, 0.25) is 0 Å². The lowest BCUT2D eigenvalue weighted by Crippen LogP contribution is -2.15. The number of rotatable bonds is 6. The van der Waals surface area contributed by atoms with Crippen LogP contribution in [0.25, 0.3) is 0 Å². The van der Waals surface area contributed by atoms with Crippen LogP contribution >= 0.6 is 0 Å². The van der Waals surface area contributed by atoms with Crippen LogP contribution in [0.2, 0.25) is 0 Å². The monoisotopic (exact) mass is 275 g/mol. The van der Waals surface area contributed by atoms with Crippen molar-refractivity contribution in [1.82, 2.24) is 0 Å². The van der Waals surface area contributed by atoms with Crippen molar-refractivity contribution in [2.75, 3.05) is 13.2 Å². The van der Waals surface area contributed by atoms with Crippen LogP contribution in [-0.2, 0) is 0 Å². The number of amides is 1. The van der Waals surface area contributed by atoms with Crippen LogP contribution in [0.3, 0.4) is 0 Å². The molecule has 2 aromatic carbocycles. The number of primary amides is 1. The number of carbonyl (C=O) groups is 1. The Morgan fingerprint density at radius 3 is 2.35 bits per heavy atom. The summed E-state index contributed by atoms with van der Waals surface area (Å²) in [6.07, 6.45) is 0. The maximum absolute atomic E-state index is 12.7. The number of nitrogens with two attached hydrogens (primary N) is 1. The van der Waals surface area contributed by atoms with Gasteiger partial charge in [-0.1, -0.05) is 12.1 Å². The second kappa shape index (κ2) is 6.56. The predicted molar refractivity (Wildman–Crippen MR) is 72.3 cm³/mol. The Bertz CT molecular complexity index is 584. The van der Waals surface area contributed by atoms with Crippen LogP contribution in [0.1, 0.15) is 10.4 Å². The molecule has 2 N–H and O–H groups in total.